The summed E-state index contributed by atoms with van der Waals surface area (Å²) >= 11 is 0. The fourth-order valence-corrected chi connectivity index (χ4v) is 2.36. The zero-order valence-corrected chi connectivity index (χ0v) is 12.9. The van der Waals surface area contributed by atoms with Crippen LogP contribution in [0.4, 0.5) is 8.78 Å². The number of nitrogens with zero attached hydrogens (tertiary/aromatic N) is 3. The first-order valence-electron chi connectivity index (χ1n) is 7.03. The minimum absolute atomic E-state index is 0.0451. The maximum atomic E-state index is 13.9. The molecule has 0 unspecified atom stereocenters. The highest BCUT2D eigenvalue weighted by atomic mass is 19.1. The van der Waals surface area contributed by atoms with Gasteiger partial charge in [-0.1, -0.05) is 0 Å². The Bertz CT molecular complexity index is 862. The lowest BCUT2D eigenvalue weighted by atomic mass is 10.1. The first-order valence-corrected chi connectivity index (χ1v) is 7.03. The van der Waals surface area contributed by atoms with E-state index in [1.165, 1.54) is 25.6 Å². The molecule has 0 saturated heterocycles. The maximum Gasteiger partial charge on any atom is 0.258 e. The summed E-state index contributed by atoms with van der Waals surface area (Å²) in [5.41, 5.74) is 1.20. The lowest BCUT2D eigenvalue weighted by Gasteiger charge is -2.11. The van der Waals surface area contributed by atoms with Crippen molar-refractivity contribution in [2.24, 2.45) is 0 Å². The van der Waals surface area contributed by atoms with Crippen molar-refractivity contribution in [1.82, 2.24) is 14.4 Å². The molecule has 0 radical (unpaired) electrons. The third-order valence-electron chi connectivity index (χ3n) is 3.23. The molecule has 0 saturated carbocycles. The number of methoxy groups -OCH3 is 1. The number of imidazole rings is 1. The SMILES string of the molecule is COc1c(F)cc(F)cc1-c1cnc2c(OC(C)C)nccn12. The van der Waals surface area contributed by atoms with Crippen molar-refractivity contribution in [3.63, 3.8) is 0 Å². The lowest BCUT2D eigenvalue weighted by molar-refractivity contribution is 0.234. The van der Waals surface area contributed by atoms with E-state index in [1.807, 2.05) is 13.8 Å². The average molecular weight is 319 g/mol. The largest absolute Gasteiger partial charge is 0.493 e. The highest BCUT2D eigenvalue weighted by molar-refractivity contribution is 5.71. The van der Waals surface area contributed by atoms with Gasteiger partial charge in [0.2, 0.25) is 5.65 Å². The molecule has 3 rings (SSSR count). The van der Waals surface area contributed by atoms with Gasteiger partial charge in [-0.3, -0.25) is 4.40 Å². The molecule has 2 aromatic heterocycles. The standard InChI is InChI=1S/C16H15F2N3O2/c1-9(2)23-16-15-20-8-13(21(15)5-4-19-16)11-6-10(17)7-12(18)14(11)22-3/h4-9H,1-3H3. The Morgan fingerprint density at radius 1 is 1.17 bits per heavy atom. The summed E-state index contributed by atoms with van der Waals surface area (Å²) in [6, 6.07) is 1.98. The number of hydrogen-bond donors (Lipinski definition) is 0. The summed E-state index contributed by atoms with van der Waals surface area (Å²) in [7, 11) is 1.33. The van der Waals surface area contributed by atoms with Crippen LogP contribution in [0, 0.1) is 11.6 Å². The van der Waals surface area contributed by atoms with Crippen molar-refractivity contribution in [2.45, 2.75) is 20.0 Å². The summed E-state index contributed by atoms with van der Waals surface area (Å²) < 4.78 is 39.9. The van der Waals surface area contributed by atoms with Gasteiger partial charge in [0.1, 0.15) is 5.82 Å². The molecule has 5 nitrogen and oxygen atoms in total. The highest BCUT2D eigenvalue weighted by Gasteiger charge is 2.18. The zero-order valence-electron chi connectivity index (χ0n) is 12.9. The van der Waals surface area contributed by atoms with Crippen molar-refractivity contribution in [1.29, 1.82) is 0 Å². The van der Waals surface area contributed by atoms with Gasteiger partial charge in [0.15, 0.2) is 11.6 Å². The predicted molar refractivity (Wildman–Crippen MR) is 80.7 cm³/mol. The Morgan fingerprint density at radius 2 is 1.96 bits per heavy atom. The molecule has 0 N–H and O–H groups in total. The number of fused-ring (bicyclic) bond motifs is 1. The molecule has 2 heterocycles. The van der Waals surface area contributed by atoms with Gasteiger partial charge in [-0.05, 0) is 19.9 Å². The molecule has 0 bridgehead atoms. The molecular formula is C16H15F2N3O2. The van der Waals surface area contributed by atoms with Gasteiger partial charge in [-0.2, -0.15) is 0 Å². The highest BCUT2D eigenvalue weighted by Crippen LogP contribution is 2.34. The second kappa shape index (κ2) is 5.83. The first-order chi connectivity index (χ1) is 11.0. The summed E-state index contributed by atoms with van der Waals surface area (Å²) in [4.78, 5) is 8.40. The normalized spacial score (nSPS) is 11.2. The Kier molecular flexibility index (Phi) is 3.85. The fraction of sp³-hybridized carbons (Fsp3) is 0.250. The van der Waals surface area contributed by atoms with Crippen LogP contribution in [0.3, 0.4) is 0 Å². The molecule has 0 amide bonds. The third-order valence-corrected chi connectivity index (χ3v) is 3.23. The van der Waals surface area contributed by atoms with Crippen LogP contribution in [-0.2, 0) is 0 Å². The molecule has 0 atom stereocenters. The fourth-order valence-electron chi connectivity index (χ4n) is 2.36. The molecule has 23 heavy (non-hydrogen) atoms. The van der Waals surface area contributed by atoms with Crippen molar-refractivity contribution >= 4 is 5.65 Å². The molecule has 0 aliphatic rings. The number of ether oxygens (including phenoxy) is 2. The Hall–Kier alpha value is -2.70. The Balaban J connectivity index is 2.23. The van der Waals surface area contributed by atoms with Crippen molar-refractivity contribution in [3.8, 4) is 22.9 Å². The van der Waals surface area contributed by atoms with Crippen LogP contribution in [0.1, 0.15) is 13.8 Å². The van der Waals surface area contributed by atoms with Crippen LogP contribution in [-0.4, -0.2) is 27.6 Å². The summed E-state index contributed by atoms with van der Waals surface area (Å²) in [6.45, 7) is 3.75. The quantitative estimate of drug-likeness (QED) is 0.739. The van der Waals surface area contributed by atoms with Crippen LogP contribution >= 0.6 is 0 Å². The molecule has 7 heteroatoms. The first kappa shape index (κ1) is 15.2. The second-order valence-electron chi connectivity index (χ2n) is 5.20. The number of halogens is 2. The Morgan fingerprint density at radius 3 is 2.65 bits per heavy atom. The summed E-state index contributed by atoms with van der Waals surface area (Å²) in [6.07, 6.45) is 4.61. The van der Waals surface area contributed by atoms with E-state index < -0.39 is 11.6 Å². The molecule has 3 aromatic rings. The topological polar surface area (TPSA) is 48.7 Å². The van der Waals surface area contributed by atoms with E-state index in [0.29, 0.717) is 17.2 Å². The van der Waals surface area contributed by atoms with Crippen LogP contribution in [0.2, 0.25) is 0 Å². The third kappa shape index (κ3) is 2.69. The molecule has 0 spiro atoms. The second-order valence-corrected chi connectivity index (χ2v) is 5.20. The van der Waals surface area contributed by atoms with Crippen molar-refractivity contribution in [3.05, 3.63) is 42.4 Å². The van der Waals surface area contributed by atoms with Gasteiger partial charge in [-0.15, -0.1) is 0 Å². The van der Waals surface area contributed by atoms with Gasteiger partial charge in [0.25, 0.3) is 5.88 Å². The van der Waals surface area contributed by atoms with Crippen LogP contribution < -0.4 is 9.47 Å². The monoisotopic (exact) mass is 319 g/mol. The molecular weight excluding hydrogens is 304 g/mol. The van der Waals surface area contributed by atoms with Crippen LogP contribution in [0.25, 0.3) is 16.9 Å². The van der Waals surface area contributed by atoms with Gasteiger partial charge in [0, 0.05) is 24.0 Å². The van der Waals surface area contributed by atoms with Crippen molar-refractivity contribution < 1.29 is 18.3 Å². The van der Waals surface area contributed by atoms with Gasteiger partial charge in [-0.25, -0.2) is 18.7 Å². The smallest absolute Gasteiger partial charge is 0.258 e. The number of hydrogen-bond acceptors (Lipinski definition) is 4. The lowest BCUT2D eigenvalue weighted by Crippen LogP contribution is -2.08. The average Bonchev–Trinajstić information content (AvgIpc) is 2.91. The maximum absolute atomic E-state index is 13.9. The van der Waals surface area contributed by atoms with Crippen LogP contribution in [0.5, 0.6) is 11.6 Å². The van der Waals surface area contributed by atoms with Crippen LogP contribution in [0.15, 0.2) is 30.7 Å². The van der Waals surface area contributed by atoms with Crippen molar-refractivity contribution in [2.75, 3.05) is 7.11 Å². The van der Waals surface area contributed by atoms with E-state index in [-0.39, 0.29) is 17.4 Å². The molecule has 1 aromatic carbocycles. The van der Waals surface area contributed by atoms with E-state index in [4.69, 9.17) is 9.47 Å². The van der Waals surface area contributed by atoms with Gasteiger partial charge < -0.3 is 9.47 Å². The van der Waals surface area contributed by atoms with Gasteiger partial charge in [0.05, 0.1) is 25.1 Å². The molecule has 0 fully saturated rings. The Labute approximate surface area is 131 Å². The van der Waals surface area contributed by atoms with E-state index >= 15 is 0 Å². The summed E-state index contributed by atoms with van der Waals surface area (Å²) in [5, 5.41) is 0. The zero-order chi connectivity index (χ0) is 16.6. The molecule has 120 valence electrons. The number of rotatable bonds is 4. The number of benzene rings is 1. The minimum Gasteiger partial charge on any atom is -0.493 e. The molecule has 0 aliphatic carbocycles. The van der Waals surface area contributed by atoms with E-state index in [0.717, 1.165) is 6.07 Å². The number of aromatic nitrogens is 3. The molecule has 0 aliphatic heterocycles. The van der Waals surface area contributed by atoms with Gasteiger partial charge >= 0.3 is 0 Å². The summed E-state index contributed by atoms with van der Waals surface area (Å²) in [5.74, 6) is -1.16. The van der Waals surface area contributed by atoms with E-state index in [1.54, 1.807) is 10.6 Å². The van der Waals surface area contributed by atoms with E-state index in [9.17, 15) is 8.78 Å². The van der Waals surface area contributed by atoms with E-state index in [2.05, 4.69) is 9.97 Å². The minimum atomic E-state index is -0.773. The predicted octanol–water partition coefficient (Wildman–Crippen LogP) is 3.47.